The van der Waals surface area contributed by atoms with E-state index in [-0.39, 0.29) is 12.6 Å². The lowest BCUT2D eigenvalue weighted by molar-refractivity contribution is 0.276. The van der Waals surface area contributed by atoms with E-state index in [0.29, 0.717) is 5.82 Å². The first-order chi connectivity index (χ1) is 14.3. The maximum Gasteiger partial charge on any atom is 0.137 e. The molecule has 29 heavy (non-hydrogen) atoms. The lowest BCUT2D eigenvalue weighted by Crippen LogP contribution is -2.16. The molecule has 0 saturated carbocycles. The van der Waals surface area contributed by atoms with E-state index >= 15 is 0 Å². The molecule has 3 aromatic heterocycles. The van der Waals surface area contributed by atoms with Crippen LogP contribution in [0.1, 0.15) is 11.6 Å². The first-order valence-corrected chi connectivity index (χ1v) is 9.43. The number of nitrogens with zero attached hydrogens (tertiary/aromatic N) is 3. The number of aromatic nitrogens is 4. The molecule has 0 bridgehead atoms. The number of H-pyrrole nitrogens is 1. The van der Waals surface area contributed by atoms with E-state index in [4.69, 9.17) is 0 Å². The van der Waals surface area contributed by atoms with Crippen LogP contribution in [0.25, 0.3) is 33.1 Å². The lowest BCUT2D eigenvalue weighted by Gasteiger charge is -2.18. The standard InChI is InChI=1S/C23H19N5O/c29-13-21(15-5-2-1-3-6-15)28-23-18-11-16(8-9-20(18)26-14-27-23)19-12-25-22-17(19)7-4-10-24-22/h1-12,14,21,29H,13H2,(H,24,25)(H,26,27,28). The van der Waals surface area contributed by atoms with Gasteiger partial charge >= 0.3 is 0 Å². The van der Waals surface area contributed by atoms with Crippen LogP contribution < -0.4 is 5.32 Å². The molecule has 0 radical (unpaired) electrons. The molecule has 0 amide bonds. The Morgan fingerprint density at radius 3 is 2.69 bits per heavy atom. The number of aliphatic hydroxyl groups excluding tert-OH is 1. The third-order valence-corrected chi connectivity index (χ3v) is 5.09. The van der Waals surface area contributed by atoms with Gasteiger partial charge < -0.3 is 15.4 Å². The third-order valence-electron chi connectivity index (χ3n) is 5.09. The molecule has 5 rings (SSSR count). The smallest absolute Gasteiger partial charge is 0.137 e. The topological polar surface area (TPSA) is 86.7 Å². The molecule has 0 spiro atoms. The summed E-state index contributed by atoms with van der Waals surface area (Å²) in [4.78, 5) is 16.4. The van der Waals surface area contributed by atoms with Gasteiger partial charge in [-0.05, 0) is 35.4 Å². The van der Waals surface area contributed by atoms with Crippen LogP contribution in [0.15, 0.2) is 79.4 Å². The summed E-state index contributed by atoms with van der Waals surface area (Å²) in [7, 11) is 0. The fourth-order valence-electron chi connectivity index (χ4n) is 3.62. The molecular weight excluding hydrogens is 362 g/mol. The molecular formula is C23H19N5O. The van der Waals surface area contributed by atoms with Gasteiger partial charge in [-0.3, -0.25) is 0 Å². The summed E-state index contributed by atoms with van der Waals surface area (Å²) in [6.45, 7) is -0.0384. The third kappa shape index (κ3) is 3.19. The molecule has 1 unspecified atom stereocenters. The normalized spacial score (nSPS) is 12.3. The summed E-state index contributed by atoms with van der Waals surface area (Å²) in [5.74, 6) is 0.692. The Labute approximate surface area is 167 Å². The van der Waals surface area contributed by atoms with Gasteiger partial charge in [0.2, 0.25) is 0 Å². The number of aromatic amines is 1. The summed E-state index contributed by atoms with van der Waals surface area (Å²) >= 11 is 0. The Morgan fingerprint density at radius 2 is 1.83 bits per heavy atom. The van der Waals surface area contributed by atoms with Gasteiger partial charge in [0.1, 0.15) is 17.8 Å². The van der Waals surface area contributed by atoms with Crippen molar-refractivity contribution in [2.24, 2.45) is 0 Å². The van der Waals surface area contributed by atoms with Crippen LogP contribution in [-0.2, 0) is 0 Å². The predicted octanol–water partition coefficient (Wildman–Crippen LogP) is 4.32. The average molecular weight is 381 g/mol. The van der Waals surface area contributed by atoms with Crippen LogP contribution in [0.2, 0.25) is 0 Å². The SMILES string of the molecule is OCC(Nc1ncnc2ccc(-c3c[nH]c4ncccc34)cc12)c1ccccc1. The molecule has 3 heterocycles. The van der Waals surface area contributed by atoms with Crippen molar-refractivity contribution >= 4 is 27.8 Å². The zero-order chi connectivity index (χ0) is 19.6. The molecule has 1 atom stereocenters. The first kappa shape index (κ1) is 17.3. The van der Waals surface area contributed by atoms with Gasteiger partial charge in [-0.1, -0.05) is 36.4 Å². The Bertz CT molecular complexity index is 1280. The van der Waals surface area contributed by atoms with E-state index in [2.05, 4.69) is 43.5 Å². The molecule has 0 saturated heterocycles. The minimum absolute atomic E-state index is 0.0384. The highest BCUT2D eigenvalue weighted by Gasteiger charge is 2.14. The van der Waals surface area contributed by atoms with Crippen LogP contribution in [0.5, 0.6) is 0 Å². The molecule has 142 valence electrons. The zero-order valence-electron chi connectivity index (χ0n) is 15.6. The zero-order valence-corrected chi connectivity index (χ0v) is 15.6. The van der Waals surface area contributed by atoms with Crippen molar-refractivity contribution in [3.63, 3.8) is 0 Å². The van der Waals surface area contributed by atoms with Gasteiger partial charge in [-0.25, -0.2) is 15.0 Å². The second kappa shape index (κ2) is 7.33. The number of fused-ring (bicyclic) bond motifs is 2. The molecule has 3 N–H and O–H groups in total. The fraction of sp³-hybridized carbons (Fsp3) is 0.0870. The second-order valence-corrected chi connectivity index (χ2v) is 6.85. The summed E-state index contributed by atoms with van der Waals surface area (Å²) in [6.07, 6.45) is 5.28. The van der Waals surface area contributed by atoms with E-state index in [0.717, 1.165) is 38.6 Å². The molecule has 0 aliphatic heterocycles. The quantitative estimate of drug-likeness (QED) is 0.422. The van der Waals surface area contributed by atoms with Crippen molar-refractivity contribution in [3.8, 4) is 11.1 Å². The Kier molecular flexibility index (Phi) is 4.38. The van der Waals surface area contributed by atoms with Crippen molar-refractivity contribution in [2.45, 2.75) is 6.04 Å². The monoisotopic (exact) mass is 381 g/mol. The Hall–Kier alpha value is -3.77. The van der Waals surface area contributed by atoms with Crippen molar-refractivity contribution in [3.05, 3.63) is 84.9 Å². The number of hydrogen-bond acceptors (Lipinski definition) is 5. The molecule has 0 aliphatic carbocycles. The van der Waals surface area contributed by atoms with E-state index in [1.807, 2.05) is 48.7 Å². The highest BCUT2D eigenvalue weighted by Crippen LogP contribution is 2.32. The van der Waals surface area contributed by atoms with Crippen LogP contribution in [-0.4, -0.2) is 31.6 Å². The van der Waals surface area contributed by atoms with Gasteiger partial charge in [0.05, 0.1) is 18.2 Å². The first-order valence-electron chi connectivity index (χ1n) is 9.43. The molecule has 0 aliphatic rings. The second-order valence-electron chi connectivity index (χ2n) is 6.85. The molecule has 5 aromatic rings. The lowest BCUT2D eigenvalue weighted by atomic mass is 10.0. The van der Waals surface area contributed by atoms with Gasteiger partial charge in [0.25, 0.3) is 0 Å². The molecule has 0 fully saturated rings. The molecule has 6 heteroatoms. The molecule has 2 aromatic carbocycles. The minimum Gasteiger partial charge on any atom is -0.394 e. The number of benzene rings is 2. The van der Waals surface area contributed by atoms with Crippen LogP contribution in [0.4, 0.5) is 5.82 Å². The van der Waals surface area contributed by atoms with Gasteiger partial charge in [-0.15, -0.1) is 0 Å². The predicted molar refractivity (Wildman–Crippen MR) is 115 cm³/mol. The number of aliphatic hydroxyl groups is 1. The van der Waals surface area contributed by atoms with Crippen molar-refractivity contribution in [1.82, 2.24) is 19.9 Å². The fourth-order valence-corrected chi connectivity index (χ4v) is 3.62. The Morgan fingerprint density at radius 1 is 0.931 bits per heavy atom. The van der Waals surface area contributed by atoms with Gasteiger partial charge in [-0.2, -0.15) is 0 Å². The summed E-state index contributed by atoms with van der Waals surface area (Å²) in [5.41, 5.74) is 4.82. The summed E-state index contributed by atoms with van der Waals surface area (Å²) in [5, 5.41) is 15.3. The van der Waals surface area contributed by atoms with Crippen LogP contribution in [0, 0.1) is 0 Å². The summed E-state index contributed by atoms with van der Waals surface area (Å²) in [6, 6.07) is 19.7. The minimum atomic E-state index is -0.254. The van der Waals surface area contributed by atoms with Crippen molar-refractivity contribution < 1.29 is 5.11 Å². The van der Waals surface area contributed by atoms with Crippen molar-refractivity contribution in [2.75, 3.05) is 11.9 Å². The van der Waals surface area contributed by atoms with Gasteiger partial charge in [0, 0.05) is 28.7 Å². The van der Waals surface area contributed by atoms with Gasteiger partial charge in [0.15, 0.2) is 0 Å². The largest absolute Gasteiger partial charge is 0.394 e. The van der Waals surface area contributed by atoms with Crippen molar-refractivity contribution in [1.29, 1.82) is 0 Å². The highest BCUT2D eigenvalue weighted by molar-refractivity contribution is 5.98. The number of hydrogen-bond donors (Lipinski definition) is 3. The number of nitrogens with one attached hydrogen (secondary N) is 2. The van der Waals surface area contributed by atoms with E-state index in [1.54, 1.807) is 12.5 Å². The number of pyridine rings is 1. The van der Waals surface area contributed by atoms with E-state index in [9.17, 15) is 5.11 Å². The summed E-state index contributed by atoms with van der Waals surface area (Å²) < 4.78 is 0. The maximum atomic E-state index is 9.92. The van der Waals surface area contributed by atoms with Crippen LogP contribution >= 0.6 is 0 Å². The number of rotatable bonds is 5. The van der Waals surface area contributed by atoms with Crippen LogP contribution in [0.3, 0.4) is 0 Å². The number of anilines is 1. The highest BCUT2D eigenvalue weighted by atomic mass is 16.3. The maximum absolute atomic E-state index is 9.92. The Balaban J connectivity index is 1.59. The van der Waals surface area contributed by atoms with E-state index < -0.39 is 0 Å². The van der Waals surface area contributed by atoms with E-state index in [1.165, 1.54) is 0 Å². The average Bonchev–Trinajstić information content (AvgIpc) is 3.22. The molecule has 6 nitrogen and oxygen atoms in total.